The third-order valence-corrected chi connectivity index (χ3v) is 9.75. The molecule has 0 saturated carbocycles. The zero-order chi connectivity index (χ0) is 33.0. The van der Waals surface area contributed by atoms with Gasteiger partial charge in [0.15, 0.2) is 5.58 Å². The van der Waals surface area contributed by atoms with Crippen LogP contribution in [0.25, 0.3) is 94.2 Å². The van der Waals surface area contributed by atoms with E-state index in [4.69, 9.17) is 4.42 Å². The van der Waals surface area contributed by atoms with Crippen molar-refractivity contribution >= 4 is 43.9 Å². The van der Waals surface area contributed by atoms with E-state index >= 15 is 0 Å². The Morgan fingerprint density at radius 2 is 0.900 bits per heavy atom. The van der Waals surface area contributed by atoms with E-state index in [0.717, 1.165) is 44.6 Å². The van der Waals surface area contributed by atoms with Gasteiger partial charge in [0.2, 0.25) is 0 Å². The molecule has 50 heavy (non-hydrogen) atoms. The molecule has 0 N–H and O–H groups in total. The maximum Gasteiger partial charge on any atom is 0.180 e. The van der Waals surface area contributed by atoms with Crippen LogP contribution in [0.3, 0.4) is 0 Å². The summed E-state index contributed by atoms with van der Waals surface area (Å²) in [5.74, 6) is 0. The van der Waals surface area contributed by atoms with Crippen LogP contribution in [0.2, 0.25) is 0 Å². The number of benzene rings is 7. The Morgan fingerprint density at radius 1 is 0.400 bits per heavy atom. The van der Waals surface area contributed by atoms with Crippen LogP contribution in [-0.4, -0.2) is 14.5 Å². The number of furan rings is 1. The molecule has 7 aromatic carbocycles. The van der Waals surface area contributed by atoms with Crippen LogP contribution in [0.4, 0.5) is 0 Å². The van der Waals surface area contributed by atoms with Crippen molar-refractivity contribution in [1.82, 2.24) is 14.5 Å². The summed E-state index contributed by atoms with van der Waals surface area (Å²) in [4.78, 5) is 9.12. The Bertz CT molecular complexity index is 2740. The highest BCUT2D eigenvalue weighted by atomic mass is 16.3. The van der Waals surface area contributed by atoms with Crippen LogP contribution >= 0.6 is 0 Å². The monoisotopic (exact) mass is 639 g/mol. The van der Waals surface area contributed by atoms with Gasteiger partial charge in [0.05, 0.1) is 11.0 Å². The third kappa shape index (κ3) is 4.61. The molecule has 4 heteroatoms. The molecule has 0 aliphatic heterocycles. The van der Waals surface area contributed by atoms with Gasteiger partial charge >= 0.3 is 0 Å². The lowest BCUT2D eigenvalue weighted by atomic mass is 10.0. The largest absolute Gasteiger partial charge is 0.452 e. The molecular weight excluding hydrogens is 611 g/mol. The summed E-state index contributed by atoms with van der Waals surface area (Å²) >= 11 is 0. The maximum atomic E-state index is 6.19. The fourth-order valence-electron chi connectivity index (χ4n) is 7.27. The van der Waals surface area contributed by atoms with Crippen LogP contribution in [0, 0.1) is 0 Å². The second-order valence-corrected chi connectivity index (χ2v) is 12.7. The first-order valence-electron chi connectivity index (χ1n) is 16.8. The van der Waals surface area contributed by atoms with E-state index in [2.05, 4.69) is 160 Å². The van der Waals surface area contributed by atoms with Crippen molar-refractivity contribution in [3.05, 3.63) is 176 Å². The summed E-state index contributed by atoms with van der Waals surface area (Å²) in [5.41, 5.74) is 14.8. The second kappa shape index (κ2) is 11.4. The quantitative estimate of drug-likeness (QED) is 0.188. The molecule has 4 nitrogen and oxygen atoms in total. The first-order chi connectivity index (χ1) is 24.8. The molecule has 0 aliphatic rings. The zero-order valence-corrected chi connectivity index (χ0v) is 27.0. The van der Waals surface area contributed by atoms with Crippen molar-refractivity contribution in [2.45, 2.75) is 0 Å². The van der Waals surface area contributed by atoms with Gasteiger partial charge in [-0.2, -0.15) is 0 Å². The molecule has 0 bridgehead atoms. The lowest BCUT2D eigenvalue weighted by molar-refractivity contribution is 0.667. The number of hydrogen-bond acceptors (Lipinski definition) is 3. The van der Waals surface area contributed by atoms with Gasteiger partial charge in [0, 0.05) is 27.4 Å². The van der Waals surface area contributed by atoms with Crippen LogP contribution in [-0.2, 0) is 0 Å². The van der Waals surface area contributed by atoms with E-state index in [9.17, 15) is 0 Å². The minimum absolute atomic E-state index is 0.712. The highest BCUT2D eigenvalue weighted by molar-refractivity contribution is 6.12. The van der Waals surface area contributed by atoms with Crippen molar-refractivity contribution < 1.29 is 4.42 Å². The van der Waals surface area contributed by atoms with Crippen molar-refractivity contribution in [3.63, 3.8) is 0 Å². The van der Waals surface area contributed by atoms with Gasteiger partial charge < -0.3 is 8.98 Å². The van der Waals surface area contributed by atoms with E-state index in [1.165, 1.54) is 44.1 Å². The average molecular weight is 640 g/mol. The zero-order valence-electron chi connectivity index (χ0n) is 27.0. The molecule has 0 radical (unpaired) electrons. The fraction of sp³-hybridized carbons (Fsp3) is 0. The van der Waals surface area contributed by atoms with Gasteiger partial charge in [-0.3, -0.25) is 0 Å². The molecule has 0 amide bonds. The molecular formula is C46H29N3O. The van der Waals surface area contributed by atoms with Crippen molar-refractivity contribution in [1.29, 1.82) is 0 Å². The lowest BCUT2D eigenvalue weighted by Crippen LogP contribution is -1.94. The van der Waals surface area contributed by atoms with Crippen LogP contribution in [0.5, 0.6) is 0 Å². The predicted octanol–water partition coefficient (Wildman–Crippen LogP) is 12.1. The van der Waals surface area contributed by atoms with Crippen LogP contribution in [0.1, 0.15) is 0 Å². The highest BCUT2D eigenvalue weighted by Crippen LogP contribution is 2.38. The molecule has 10 aromatic rings. The highest BCUT2D eigenvalue weighted by Gasteiger charge is 2.16. The van der Waals surface area contributed by atoms with E-state index in [1.54, 1.807) is 6.33 Å². The average Bonchev–Trinajstić information content (AvgIpc) is 3.74. The second-order valence-electron chi connectivity index (χ2n) is 12.7. The lowest BCUT2D eigenvalue weighted by Gasteiger charge is -2.11. The summed E-state index contributed by atoms with van der Waals surface area (Å²) in [7, 11) is 0. The normalized spacial score (nSPS) is 11.6. The van der Waals surface area contributed by atoms with Gasteiger partial charge in [0.1, 0.15) is 23.1 Å². The molecule has 0 spiro atoms. The number of rotatable bonds is 5. The topological polar surface area (TPSA) is 43.9 Å². The summed E-state index contributed by atoms with van der Waals surface area (Å²) in [6.07, 6.45) is 1.62. The van der Waals surface area contributed by atoms with Crippen LogP contribution < -0.4 is 0 Å². The van der Waals surface area contributed by atoms with Gasteiger partial charge in [0.25, 0.3) is 0 Å². The first kappa shape index (κ1) is 28.3. The number of fused-ring (bicyclic) bond motifs is 6. The summed E-state index contributed by atoms with van der Waals surface area (Å²) < 4.78 is 8.58. The van der Waals surface area contributed by atoms with Crippen molar-refractivity contribution in [2.24, 2.45) is 0 Å². The smallest absolute Gasteiger partial charge is 0.180 e. The van der Waals surface area contributed by atoms with E-state index in [0.29, 0.717) is 5.58 Å². The Morgan fingerprint density at radius 3 is 1.52 bits per heavy atom. The predicted molar refractivity (Wildman–Crippen MR) is 205 cm³/mol. The van der Waals surface area contributed by atoms with Crippen molar-refractivity contribution in [3.8, 4) is 50.3 Å². The number of nitrogens with zero attached hydrogens (tertiary/aromatic N) is 3. The van der Waals surface area contributed by atoms with Gasteiger partial charge in [-0.1, -0.05) is 121 Å². The fourth-order valence-corrected chi connectivity index (χ4v) is 7.27. The Labute approximate surface area is 288 Å². The molecule has 0 fully saturated rings. The Hall–Kier alpha value is -6.78. The molecule has 0 aliphatic carbocycles. The molecule has 0 saturated heterocycles. The third-order valence-electron chi connectivity index (χ3n) is 9.75. The van der Waals surface area contributed by atoms with E-state index < -0.39 is 0 Å². The van der Waals surface area contributed by atoms with Crippen molar-refractivity contribution in [2.75, 3.05) is 0 Å². The van der Waals surface area contributed by atoms with Crippen LogP contribution in [0.15, 0.2) is 181 Å². The summed E-state index contributed by atoms with van der Waals surface area (Å²) in [5, 5.41) is 3.48. The number of hydrogen-bond donors (Lipinski definition) is 0. The summed E-state index contributed by atoms with van der Waals surface area (Å²) in [6.45, 7) is 0. The molecule has 0 atom stereocenters. The number of aromatic nitrogens is 3. The molecule has 3 heterocycles. The maximum absolute atomic E-state index is 6.19. The van der Waals surface area contributed by atoms with Gasteiger partial charge in [-0.05, 0) is 81.9 Å². The Balaban J connectivity index is 1.04. The van der Waals surface area contributed by atoms with Gasteiger partial charge in [-0.15, -0.1) is 0 Å². The first-order valence-corrected chi connectivity index (χ1v) is 16.8. The molecule has 10 rings (SSSR count). The summed E-state index contributed by atoms with van der Waals surface area (Å²) in [6, 6.07) is 60.3. The van der Waals surface area contributed by atoms with E-state index in [1.807, 2.05) is 24.3 Å². The minimum atomic E-state index is 0.712. The standard InChI is InChI=1S/C46H29N3O/c1-3-9-30(10-4-1)35-21-25-41-39(27-35)40-28-36(31-11-5-2-6-12-31)22-26-42(40)49(41)37-23-19-33(20-24-37)32-15-17-34(18-16-32)44-46-45(48-29-47-44)38-13-7-8-14-43(38)50-46/h1-29H. The molecule has 0 unspecified atom stereocenters. The molecule has 3 aromatic heterocycles. The SMILES string of the molecule is c1ccc(-c2ccc3c(c2)c2cc(-c4ccccc4)ccc2n3-c2ccc(-c3ccc(-c4ncnc5c4oc4ccccc45)cc3)cc2)cc1. The minimum Gasteiger partial charge on any atom is -0.452 e. The van der Waals surface area contributed by atoms with E-state index in [-0.39, 0.29) is 0 Å². The Kier molecular flexibility index (Phi) is 6.46. The number of para-hydroxylation sites is 1. The van der Waals surface area contributed by atoms with Gasteiger partial charge in [-0.25, -0.2) is 9.97 Å². The molecule has 234 valence electrons.